The zero-order valence-electron chi connectivity index (χ0n) is 11.1. The molecular formula is C12H11ClN4O2S2. The molecule has 0 radical (unpaired) electrons. The minimum Gasteiger partial charge on any atom is -0.463 e. The van der Waals surface area contributed by atoms with E-state index in [0.717, 1.165) is 22.8 Å². The number of carbonyl (C=O) groups is 1. The second kappa shape index (κ2) is 6.79. The standard InChI is InChI=1S/C12H11ClN4O2S2/c1-6-5-7(13)3-4-8(6)14-11(20)16-12-15-9(17-21-12)10(18)19-2/h3-5H,1-2H3,(H2,14,15,16,17,20). The fourth-order valence-corrected chi connectivity index (χ4v) is 2.53. The molecule has 6 nitrogen and oxygen atoms in total. The van der Waals surface area contributed by atoms with E-state index in [9.17, 15) is 4.79 Å². The zero-order chi connectivity index (χ0) is 15.4. The molecule has 2 aromatic rings. The van der Waals surface area contributed by atoms with Crippen molar-refractivity contribution in [1.29, 1.82) is 0 Å². The molecule has 1 heterocycles. The molecule has 0 aliphatic heterocycles. The topological polar surface area (TPSA) is 76.1 Å². The summed E-state index contributed by atoms with van der Waals surface area (Å²) in [4.78, 5) is 15.2. The van der Waals surface area contributed by atoms with Crippen LogP contribution in [-0.4, -0.2) is 27.5 Å². The van der Waals surface area contributed by atoms with E-state index in [1.54, 1.807) is 6.07 Å². The lowest BCUT2D eigenvalue weighted by molar-refractivity contribution is 0.0588. The number of nitrogens with zero attached hydrogens (tertiary/aromatic N) is 2. The lowest BCUT2D eigenvalue weighted by Gasteiger charge is -2.10. The molecule has 9 heteroatoms. The van der Waals surface area contributed by atoms with Gasteiger partial charge in [0, 0.05) is 22.2 Å². The first-order valence-electron chi connectivity index (χ1n) is 5.76. The summed E-state index contributed by atoms with van der Waals surface area (Å²) in [5.74, 6) is -0.595. The summed E-state index contributed by atoms with van der Waals surface area (Å²) in [6.07, 6.45) is 0. The Labute approximate surface area is 135 Å². The highest BCUT2D eigenvalue weighted by atomic mass is 35.5. The van der Waals surface area contributed by atoms with Crippen molar-refractivity contribution in [3.8, 4) is 0 Å². The normalized spacial score (nSPS) is 10.0. The highest BCUT2D eigenvalue weighted by Crippen LogP contribution is 2.20. The highest BCUT2D eigenvalue weighted by Gasteiger charge is 2.13. The lowest BCUT2D eigenvalue weighted by atomic mass is 10.2. The van der Waals surface area contributed by atoms with Crippen molar-refractivity contribution < 1.29 is 9.53 Å². The molecule has 21 heavy (non-hydrogen) atoms. The average Bonchev–Trinajstić information content (AvgIpc) is 2.89. The van der Waals surface area contributed by atoms with Gasteiger partial charge in [-0.25, -0.2) is 4.79 Å². The van der Waals surface area contributed by atoms with E-state index >= 15 is 0 Å². The van der Waals surface area contributed by atoms with Crippen molar-refractivity contribution >= 4 is 57.3 Å². The van der Waals surface area contributed by atoms with Gasteiger partial charge >= 0.3 is 5.97 Å². The molecule has 2 N–H and O–H groups in total. The van der Waals surface area contributed by atoms with Crippen LogP contribution < -0.4 is 10.6 Å². The molecule has 0 aliphatic carbocycles. The maximum absolute atomic E-state index is 11.3. The van der Waals surface area contributed by atoms with Gasteiger partial charge in [-0.15, -0.1) is 0 Å². The van der Waals surface area contributed by atoms with Crippen LogP contribution in [0.1, 0.15) is 16.2 Å². The number of aryl methyl sites for hydroxylation is 1. The smallest absolute Gasteiger partial charge is 0.377 e. The molecule has 0 fully saturated rings. The van der Waals surface area contributed by atoms with Crippen molar-refractivity contribution in [2.45, 2.75) is 6.92 Å². The Kier molecular flexibility index (Phi) is 5.05. The van der Waals surface area contributed by atoms with Crippen molar-refractivity contribution in [3.63, 3.8) is 0 Å². The lowest BCUT2D eigenvalue weighted by Crippen LogP contribution is -2.19. The van der Waals surface area contributed by atoms with Crippen LogP contribution >= 0.6 is 35.4 Å². The molecule has 0 saturated carbocycles. The fourth-order valence-electron chi connectivity index (χ4n) is 1.47. The van der Waals surface area contributed by atoms with Gasteiger partial charge in [0.2, 0.25) is 5.13 Å². The molecule has 1 aromatic carbocycles. The number of carbonyl (C=O) groups excluding carboxylic acids is 1. The van der Waals surface area contributed by atoms with Gasteiger partial charge in [0.05, 0.1) is 7.11 Å². The Morgan fingerprint density at radius 2 is 2.19 bits per heavy atom. The first kappa shape index (κ1) is 15.6. The number of hydrogen-bond donors (Lipinski definition) is 2. The Balaban J connectivity index is 2.01. The number of hydrogen-bond acceptors (Lipinski definition) is 6. The Morgan fingerprint density at radius 3 is 2.86 bits per heavy atom. The van der Waals surface area contributed by atoms with Gasteiger partial charge in [0.15, 0.2) is 5.11 Å². The maximum Gasteiger partial charge on any atom is 0.377 e. The molecule has 0 spiro atoms. The zero-order valence-corrected chi connectivity index (χ0v) is 13.5. The molecule has 1 aromatic heterocycles. The third-order valence-corrected chi connectivity index (χ3v) is 3.52. The molecule has 0 saturated heterocycles. The first-order chi connectivity index (χ1) is 9.99. The number of thiocarbonyl (C=S) groups is 1. The van der Waals surface area contributed by atoms with Crippen LogP contribution in [0.3, 0.4) is 0 Å². The number of methoxy groups -OCH3 is 1. The Morgan fingerprint density at radius 1 is 1.43 bits per heavy atom. The van der Waals surface area contributed by atoms with E-state index in [2.05, 4.69) is 24.7 Å². The van der Waals surface area contributed by atoms with Crippen LogP contribution in [0.25, 0.3) is 0 Å². The van der Waals surface area contributed by atoms with Gasteiger partial charge in [-0.1, -0.05) is 11.6 Å². The van der Waals surface area contributed by atoms with Gasteiger partial charge < -0.3 is 15.4 Å². The molecule has 0 amide bonds. The van der Waals surface area contributed by atoms with E-state index in [0.29, 0.717) is 15.3 Å². The summed E-state index contributed by atoms with van der Waals surface area (Å²) in [6, 6.07) is 5.41. The van der Waals surface area contributed by atoms with Crippen molar-refractivity contribution in [2.75, 3.05) is 17.7 Å². The van der Waals surface area contributed by atoms with E-state index in [1.807, 2.05) is 19.1 Å². The molecule has 2 rings (SSSR count). The molecule has 0 aliphatic rings. The number of nitrogens with one attached hydrogen (secondary N) is 2. The molecular weight excluding hydrogens is 332 g/mol. The number of esters is 1. The number of ether oxygens (including phenoxy) is 1. The number of halogens is 1. The number of anilines is 2. The minimum absolute atomic E-state index is 0.00419. The van der Waals surface area contributed by atoms with E-state index < -0.39 is 5.97 Å². The Hall–Kier alpha value is -1.77. The first-order valence-corrected chi connectivity index (χ1v) is 7.31. The predicted molar refractivity (Wildman–Crippen MR) is 87.3 cm³/mol. The average molecular weight is 343 g/mol. The summed E-state index contributed by atoms with van der Waals surface area (Å²) in [5.41, 5.74) is 1.79. The van der Waals surface area contributed by atoms with Crippen molar-refractivity contribution in [2.24, 2.45) is 0 Å². The molecule has 110 valence electrons. The van der Waals surface area contributed by atoms with Crippen molar-refractivity contribution in [1.82, 2.24) is 9.36 Å². The number of rotatable bonds is 3. The van der Waals surface area contributed by atoms with E-state index in [-0.39, 0.29) is 5.82 Å². The van der Waals surface area contributed by atoms with Crippen LogP contribution in [0.4, 0.5) is 10.8 Å². The van der Waals surface area contributed by atoms with Crippen LogP contribution in [0.15, 0.2) is 18.2 Å². The van der Waals surface area contributed by atoms with Crippen molar-refractivity contribution in [3.05, 3.63) is 34.6 Å². The van der Waals surface area contributed by atoms with Gasteiger partial charge in [-0.2, -0.15) is 9.36 Å². The van der Waals surface area contributed by atoms with E-state index in [4.69, 9.17) is 23.8 Å². The second-order valence-electron chi connectivity index (χ2n) is 3.95. The minimum atomic E-state index is -0.591. The fraction of sp³-hybridized carbons (Fsp3) is 0.167. The molecule has 0 atom stereocenters. The SMILES string of the molecule is COC(=O)c1nsc(NC(=S)Nc2ccc(Cl)cc2C)n1. The summed E-state index contributed by atoms with van der Waals surface area (Å²) in [5, 5.41) is 7.28. The van der Waals surface area contributed by atoms with Crippen LogP contribution in [0.2, 0.25) is 5.02 Å². The third kappa shape index (κ3) is 4.10. The molecule has 0 unspecified atom stereocenters. The van der Waals surface area contributed by atoms with Crippen LogP contribution in [-0.2, 0) is 4.74 Å². The summed E-state index contributed by atoms with van der Waals surface area (Å²) in [7, 11) is 1.27. The molecule has 0 bridgehead atoms. The highest BCUT2D eigenvalue weighted by molar-refractivity contribution is 7.80. The summed E-state index contributed by atoms with van der Waals surface area (Å²) < 4.78 is 8.40. The number of benzene rings is 1. The van der Waals surface area contributed by atoms with Crippen LogP contribution in [0.5, 0.6) is 0 Å². The number of aromatic nitrogens is 2. The van der Waals surface area contributed by atoms with E-state index in [1.165, 1.54) is 7.11 Å². The summed E-state index contributed by atoms with van der Waals surface area (Å²) in [6.45, 7) is 1.91. The van der Waals surface area contributed by atoms with Gasteiger partial charge in [-0.05, 0) is 42.9 Å². The second-order valence-corrected chi connectivity index (χ2v) is 5.55. The Bertz CT molecular complexity index is 690. The monoisotopic (exact) mass is 342 g/mol. The van der Waals surface area contributed by atoms with Gasteiger partial charge in [0.1, 0.15) is 0 Å². The maximum atomic E-state index is 11.3. The third-order valence-electron chi connectivity index (χ3n) is 2.45. The quantitative estimate of drug-likeness (QED) is 0.655. The summed E-state index contributed by atoms with van der Waals surface area (Å²) >= 11 is 12.1. The van der Waals surface area contributed by atoms with Gasteiger partial charge in [0.25, 0.3) is 5.82 Å². The largest absolute Gasteiger partial charge is 0.463 e. The van der Waals surface area contributed by atoms with Crippen LogP contribution in [0, 0.1) is 6.92 Å². The van der Waals surface area contributed by atoms with Gasteiger partial charge in [-0.3, -0.25) is 0 Å². The predicted octanol–water partition coefficient (Wildman–Crippen LogP) is 3.10.